The summed E-state index contributed by atoms with van der Waals surface area (Å²) in [5.74, 6) is 1.000. The maximum Gasteiger partial charge on any atom is 0.255 e. The van der Waals surface area contributed by atoms with Gasteiger partial charge in [0.05, 0.1) is 37.3 Å². The van der Waals surface area contributed by atoms with E-state index in [0.717, 1.165) is 56.3 Å². The van der Waals surface area contributed by atoms with Gasteiger partial charge in [0.15, 0.2) is 0 Å². The highest BCUT2D eigenvalue weighted by molar-refractivity contribution is 5.99. The molecule has 1 N–H and O–H groups in total. The van der Waals surface area contributed by atoms with Gasteiger partial charge in [0.25, 0.3) is 5.91 Å². The molecule has 2 aromatic carbocycles. The van der Waals surface area contributed by atoms with E-state index >= 15 is 0 Å². The third-order valence-corrected chi connectivity index (χ3v) is 7.32. The highest BCUT2D eigenvalue weighted by atomic mass is 19.1. The summed E-state index contributed by atoms with van der Waals surface area (Å²) in [5.41, 5.74) is 2.75. The van der Waals surface area contributed by atoms with Crippen molar-refractivity contribution in [1.82, 2.24) is 15.2 Å². The summed E-state index contributed by atoms with van der Waals surface area (Å²) in [4.78, 5) is 24.9. The zero-order valence-corrected chi connectivity index (χ0v) is 22.4. The van der Waals surface area contributed by atoms with E-state index in [2.05, 4.69) is 15.1 Å². The van der Waals surface area contributed by atoms with Gasteiger partial charge < -0.3 is 24.6 Å². The normalized spacial score (nSPS) is 16.3. The maximum atomic E-state index is 14.4. The van der Waals surface area contributed by atoms with E-state index in [4.69, 9.17) is 14.5 Å². The van der Waals surface area contributed by atoms with Gasteiger partial charge in [-0.3, -0.25) is 9.69 Å². The minimum absolute atomic E-state index is 0.136. The zero-order chi connectivity index (χ0) is 27.0. The van der Waals surface area contributed by atoms with Gasteiger partial charge in [-0.15, -0.1) is 0 Å². The number of benzene rings is 2. The predicted octanol–water partition coefficient (Wildman–Crippen LogP) is 3.68. The zero-order valence-electron chi connectivity index (χ0n) is 22.4. The number of anilines is 2. The van der Waals surface area contributed by atoms with Gasteiger partial charge in [0.2, 0.25) is 0 Å². The van der Waals surface area contributed by atoms with E-state index in [1.807, 2.05) is 47.4 Å². The first-order chi connectivity index (χ1) is 19.1. The number of hydrogen-bond acceptors (Lipinski definition) is 7. The Hall–Kier alpha value is -3.69. The van der Waals surface area contributed by atoms with E-state index in [1.165, 1.54) is 6.07 Å². The molecule has 3 aromatic rings. The molecule has 0 atom stereocenters. The van der Waals surface area contributed by atoms with Crippen LogP contribution in [0.3, 0.4) is 0 Å². The molecule has 2 saturated heterocycles. The van der Waals surface area contributed by atoms with Crippen LogP contribution in [-0.4, -0.2) is 88.5 Å². The quantitative estimate of drug-likeness (QED) is 0.421. The van der Waals surface area contributed by atoms with Crippen LogP contribution in [0.2, 0.25) is 0 Å². The Morgan fingerprint density at radius 1 is 0.949 bits per heavy atom. The fraction of sp³-hybridized carbons (Fsp3) is 0.400. The SMILES string of the molecule is COc1ccccc1-c1ccc(C(=O)NCCCN2CCOCC2)c(N2CCN(c3ccccc3F)CC2)n1. The smallest absolute Gasteiger partial charge is 0.255 e. The van der Waals surface area contributed by atoms with Crippen LogP contribution in [0.1, 0.15) is 16.8 Å². The van der Waals surface area contributed by atoms with Crippen molar-refractivity contribution in [3.63, 3.8) is 0 Å². The minimum Gasteiger partial charge on any atom is -0.496 e. The van der Waals surface area contributed by atoms with Crippen LogP contribution in [0, 0.1) is 5.82 Å². The molecular formula is C30H36FN5O3. The lowest BCUT2D eigenvalue weighted by Gasteiger charge is -2.37. The number of morpholine rings is 1. The number of halogens is 1. The van der Waals surface area contributed by atoms with E-state index in [1.54, 1.807) is 19.2 Å². The fourth-order valence-electron chi connectivity index (χ4n) is 5.16. The first-order valence-electron chi connectivity index (χ1n) is 13.6. The molecule has 206 valence electrons. The Bertz CT molecular complexity index is 1260. The van der Waals surface area contributed by atoms with Gasteiger partial charge in [0.1, 0.15) is 17.4 Å². The van der Waals surface area contributed by atoms with Gasteiger partial charge in [-0.1, -0.05) is 24.3 Å². The standard InChI is InChI=1S/C30H36FN5O3/c1-38-28-10-5-2-7-23(28)26-12-11-24(30(37)32-13-6-14-34-19-21-39-22-20-34)29(33-26)36-17-15-35(16-18-36)27-9-4-3-8-25(27)31/h2-5,7-12H,6,13-22H2,1H3,(H,32,37). The number of nitrogens with zero attached hydrogens (tertiary/aromatic N) is 4. The van der Waals surface area contributed by atoms with Crippen molar-refractivity contribution in [2.45, 2.75) is 6.42 Å². The second kappa shape index (κ2) is 12.9. The van der Waals surface area contributed by atoms with Crippen molar-refractivity contribution < 1.29 is 18.7 Å². The Morgan fingerprint density at radius 3 is 2.44 bits per heavy atom. The van der Waals surface area contributed by atoms with Crippen molar-refractivity contribution in [2.24, 2.45) is 0 Å². The number of methoxy groups -OCH3 is 1. The summed E-state index contributed by atoms with van der Waals surface area (Å²) in [5, 5.41) is 3.09. The minimum atomic E-state index is -0.223. The number of ether oxygens (including phenoxy) is 2. The van der Waals surface area contributed by atoms with Gasteiger partial charge >= 0.3 is 0 Å². The lowest BCUT2D eigenvalue weighted by atomic mass is 10.1. The van der Waals surface area contributed by atoms with Crippen LogP contribution in [0.25, 0.3) is 11.3 Å². The number of pyridine rings is 1. The van der Waals surface area contributed by atoms with Crippen LogP contribution in [-0.2, 0) is 4.74 Å². The molecule has 3 heterocycles. The number of carbonyl (C=O) groups is 1. The summed E-state index contributed by atoms with van der Waals surface area (Å²) >= 11 is 0. The molecule has 2 aliphatic rings. The average Bonchev–Trinajstić information content (AvgIpc) is 3.00. The molecule has 5 rings (SSSR count). The molecule has 0 spiro atoms. The largest absolute Gasteiger partial charge is 0.496 e. The highest BCUT2D eigenvalue weighted by Gasteiger charge is 2.25. The lowest BCUT2D eigenvalue weighted by molar-refractivity contribution is 0.0374. The fourth-order valence-corrected chi connectivity index (χ4v) is 5.16. The van der Waals surface area contributed by atoms with Crippen molar-refractivity contribution in [2.75, 3.05) is 82.5 Å². The van der Waals surface area contributed by atoms with E-state index in [0.29, 0.717) is 49.8 Å². The second-order valence-corrected chi connectivity index (χ2v) is 9.76. The molecule has 0 saturated carbocycles. The van der Waals surface area contributed by atoms with Gasteiger partial charge in [-0.2, -0.15) is 0 Å². The first kappa shape index (κ1) is 26.9. The Labute approximate surface area is 229 Å². The molecule has 1 aromatic heterocycles. The molecule has 0 unspecified atom stereocenters. The van der Waals surface area contributed by atoms with Crippen LogP contribution in [0.5, 0.6) is 5.75 Å². The molecule has 8 nitrogen and oxygen atoms in total. The molecule has 9 heteroatoms. The number of rotatable bonds is 9. The van der Waals surface area contributed by atoms with E-state index in [-0.39, 0.29) is 11.7 Å². The molecule has 0 aliphatic carbocycles. The molecule has 1 amide bonds. The number of piperazine rings is 1. The molecular weight excluding hydrogens is 497 g/mol. The van der Waals surface area contributed by atoms with E-state index < -0.39 is 0 Å². The maximum absolute atomic E-state index is 14.4. The van der Waals surface area contributed by atoms with Crippen LogP contribution in [0.15, 0.2) is 60.7 Å². The second-order valence-electron chi connectivity index (χ2n) is 9.76. The summed E-state index contributed by atoms with van der Waals surface area (Å²) in [6.45, 7) is 7.42. The number of hydrogen-bond donors (Lipinski definition) is 1. The van der Waals surface area contributed by atoms with Crippen molar-refractivity contribution in [3.05, 3.63) is 72.0 Å². The third kappa shape index (κ3) is 6.49. The molecule has 39 heavy (non-hydrogen) atoms. The lowest BCUT2D eigenvalue weighted by Crippen LogP contribution is -2.47. The predicted molar refractivity (Wildman–Crippen MR) is 151 cm³/mol. The number of carbonyl (C=O) groups excluding carboxylic acids is 1. The Balaban J connectivity index is 1.33. The highest BCUT2D eigenvalue weighted by Crippen LogP contribution is 2.32. The van der Waals surface area contributed by atoms with Crippen LogP contribution < -0.4 is 19.9 Å². The summed E-state index contributed by atoms with van der Waals surface area (Å²) < 4.78 is 25.4. The molecule has 2 fully saturated rings. The Morgan fingerprint density at radius 2 is 1.67 bits per heavy atom. The number of aromatic nitrogens is 1. The van der Waals surface area contributed by atoms with Crippen molar-refractivity contribution >= 4 is 17.4 Å². The number of para-hydroxylation sites is 2. The van der Waals surface area contributed by atoms with Gasteiger partial charge in [-0.25, -0.2) is 9.37 Å². The summed E-state index contributed by atoms with van der Waals surface area (Å²) in [7, 11) is 1.64. The number of amides is 1. The van der Waals surface area contributed by atoms with Gasteiger partial charge in [-0.05, 0) is 49.4 Å². The molecule has 0 bridgehead atoms. The van der Waals surface area contributed by atoms with Crippen LogP contribution in [0.4, 0.5) is 15.9 Å². The van der Waals surface area contributed by atoms with Crippen LogP contribution >= 0.6 is 0 Å². The monoisotopic (exact) mass is 533 g/mol. The van der Waals surface area contributed by atoms with Gasteiger partial charge in [0, 0.05) is 51.4 Å². The van der Waals surface area contributed by atoms with Crippen molar-refractivity contribution in [1.29, 1.82) is 0 Å². The number of nitrogens with one attached hydrogen (secondary N) is 1. The Kier molecular flexibility index (Phi) is 8.90. The molecule has 0 radical (unpaired) electrons. The summed E-state index contributed by atoms with van der Waals surface area (Å²) in [6.07, 6.45) is 0.870. The van der Waals surface area contributed by atoms with E-state index in [9.17, 15) is 9.18 Å². The summed E-state index contributed by atoms with van der Waals surface area (Å²) in [6, 6.07) is 18.3. The molecule has 2 aliphatic heterocycles. The average molecular weight is 534 g/mol. The first-order valence-corrected chi connectivity index (χ1v) is 13.6. The third-order valence-electron chi connectivity index (χ3n) is 7.32. The topological polar surface area (TPSA) is 70.2 Å². The van der Waals surface area contributed by atoms with Crippen molar-refractivity contribution in [3.8, 4) is 17.0 Å².